The summed E-state index contributed by atoms with van der Waals surface area (Å²) in [5.74, 6) is 0.251. The number of hydrogen-bond acceptors (Lipinski definition) is 5. The predicted octanol–water partition coefficient (Wildman–Crippen LogP) is 0.647. The Morgan fingerprint density at radius 1 is 1.64 bits per heavy atom. The van der Waals surface area contributed by atoms with Crippen LogP contribution < -0.4 is 0 Å². The number of hydrogen-bond donors (Lipinski definition) is 1. The van der Waals surface area contributed by atoms with Crippen LogP contribution in [0.15, 0.2) is 21.4 Å². The van der Waals surface area contributed by atoms with E-state index in [2.05, 4.69) is 31.3 Å². The molecule has 1 unspecified atom stereocenters. The fourth-order valence-corrected chi connectivity index (χ4v) is 1.38. The summed E-state index contributed by atoms with van der Waals surface area (Å²) in [6.07, 6.45) is 0.532. The molecule has 0 spiro atoms. The molecule has 0 aliphatic heterocycles. The van der Waals surface area contributed by atoms with Crippen LogP contribution in [0.3, 0.4) is 0 Å². The van der Waals surface area contributed by atoms with Gasteiger partial charge < -0.3 is 9.52 Å². The molecule has 6 nitrogen and oxygen atoms in total. The van der Waals surface area contributed by atoms with Crippen molar-refractivity contribution >= 4 is 15.9 Å². The monoisotopic (exact) mass is 258 g/mol. The molecule has 0 saturated carbocycles. The van der Waals surface area contributed by atoms with Crippen LogP contribution in [0.25, 0.3) is 0 Å². The third-order valence-corrected chi connectivity index (χ3v) is 2.09. The number of aromatic nitrogens is 4. The summed E-state index contributed by atoms with van der Waals surface area (Å²) < 4.78 is 5.54. The highest BCUT2D eigenvalue weighted by atomic mass is 79.9. The minimum absolute atomic E-state index is 0.251. The summed E-state index contributed by atoms with van der Waals surface area (Å²) >= 11 is 3.14. The van der Waals surface area contributed by atoms with Crippen molar-refractivity contribution in [2.75, 3.05) is 0 Å². The number of halogens is 1. The molecule has 74 valence electrons. The van der Waals surface area contributed by atoms with E-state index in [1.54, 1.807) is 13.1 Å². The Labute approximate surface area is 87.7 Å². The quantitative estimate of drug-likeness (QED) is 0.856. The van der Waals surface area contributed by atoms with Crippen LogP contribution in [-0.4, -0.2) is 25.3 Å². The number of tetrazole rings is 1. The maximum absolute atomic E-state index is 9.76. The third-order valence-electron chi connectivity index (χ3n) is 1.67. The summed E-state index contributed by atoms with van der Waals surface area (Å²) in [7, 11) is 1.63. The Bertz CT molecular complexity index is 398. The predicted molar refractivity (Wildman–Crippen MR) is 49.3 cm³/mol. The molecule has 0 saturated heterocycles. The lowest BCUT2D eigenvalue weighted by Gasteiger charge is -2.00. The maximum atomic E-state index is 9.76. The number of aryl methyl sites for hydroxylation is 1. The van der Waals surface area contributed by atoms with Gasteiger partial charge in [-0.15, -0.1) is 10.2 Å². The largest absolute Gasteiger partial charge is 0.457 e. The molecule has 0 amide bonds. The standard InChI is InChI=1S/C7H7BrN4O2/c1-12-10-7(9-11-12)6(13)4-2-5(8)14-3-4/h2-3,6,13H,1H3. The molecule has 0 aliphatic rings. The maximum Gasteiger partial charge on any atom is 0.207 e. The first-order valence-electron chi connectivity index (χ1n) is 3.82. The Kier molecular flexibility index (Phi) is 2.34. The minimum atomic E-state index is -0.904. The second kappa shape index (κ2) is 3.50. The lowest BCUT2D eigenvalue weighted by Crippen LogP contribution is -2.01. The van der Waals surface area contributed by atoms with E-state index in [0.717, 1.165) is 0 Å². The summed E-state index contributed by atoms with van der Waals surface area (Å²) in [5.41, 5.74) is 0.588. The van der Waals surface area contributed by atoms with E-state index in [4.69, 9.17) is 4.42 Å². The average Bonchev–Trinajstić information content (AvgIpc) is 2.73. The number of nitrogens with zero attached hydrogens (tertiary/aromatic N) is 4. The highest BCUT2D eigenvalue weighted by molar-refractivity contribution is 9.10. The first-order valence-corrected chi connectivity index (χ1v) is 4.62. The molecule has 0 bridgehead atoms. The van der Waals surface area contributed by atoms with E-state index in [-0.39, 0.29) is 5.82 Å². The zero-order chi connectivity index (χ0) is 10.1. The highest BCUT2D eigenvalue weighted by Crippen LogP contribution is 2.23. The van der Waals surface area contributed by atoms with Crippen LogP contribution in [0.5, 0.6) is 0 Å². The van der Waals surface area contributed by atoms with E-state index < -0.39 is 6.10 Å². The van der Waals surface area contributed by atoms with Gasteiger partial charge in [-0.1, -0.05) is 0 Å². The van der Waals surface area contributed by atoms with Gasteiger partial charge in [-0.3, -0.25) is 0 Å². The van der Waals surface area contributed by atoms with Gasteiger partial charge >= 0.3 is 0 Å². The summed E-state index contributed by atoms with van der Waals surface area (Å²) in [4.78, 5) is 1.29. The van der Waals surface area contributed by atoms with Gasteiger partial charge in [0, 0.05) is 5.56 Å². The molecule has 0 fully saturated rings. The van der Waals surface area contributed by atoms with Crippen LogP contribution in [-0.2, 0) is 7.05 Å². The molecular weight excluding hydrogens is 252 g/mol. The normalized spacial score (nSPS) is 13.1. The highest BCUT2D eigenvalue weighted by Gasteiger charge is 2.17. The van der Waals surface area contributed by atoms with Gasteiger partial charge in [-0.2, -0.15) is 4.80 Å². The number of furan rings is 1. The fourth-order valence-electron chi connectivity index (χ4n) is 1.02. The molecule has 0 radical (unpaired) electrons. The smallest absolute Gasteiger partial charge is 0.207 e. The van der Waals surface area contributed by atoms with Gasteiger partial charge in [-0.25, -0.2) is 0 Å². The zero-order valence-electron chi connectivity index (χ0n) is 7.25. The molecule has 2 rings (SSSR count). The molecule has 0 aromatic carbocycles. The van der Waals surface area contributed by atoms with Gasteiger partial charge in [0.1, 0.15) is 6.10 Å². The van der Waals surface area contributed by atoms with Crippen LogP contribution in [0.2, 0.25) is 0 Å². The van der Waals surface area contributed by atoms with E-state index >= 15 is 0 Å². The van der Waals surface area contributed by atoms with Crippen molar-refractivity contribution in [1.29, 1.82) is 0 Å². The van der Waals surface area contributed by atoms with Crippen molar-refractivity contribution in [2.45, 2.75) is 6.10 Å². The average molecular weight is 259 g/mol. The third kappa shape index (κ3) is 1.68. The summed E-state index contributed by atoms with van der Waals surface area (Å²) in [6, 6.07) is 1.65. The van der Waals surface area contributed by atoms with Crippen molar-refractivity contribution in [3.8, 4) is 0 Å². The summed E-state index contributed by atoms with van der Waals surface area (Å²) in [5, 5.41) is 21.0. The molecule has 14 heavy (non-hydrogen) atoms. The second-order valence-electron chi connectivity index (χ2n) is 2.72. The van der Waals surface area contributed by atoms with E-state index in [1.165, 1.54) is 11.1 Å². The van der Waals surface area contributed by atoms with Crippen molar-refractivity contribution in [3.05, 3.63) is 28.4 Å². The Hall–Kier alpha value is -1.21. The number of aliphatic hydroxyl groups is 1. The first kappa shape index (κ1) is 9.35. The molecular formula is C7H7BrN4O2. The Morgan fingerprint density at radius 3 is 2.93 bits per heavy atom. The SMILES string of the molecule is Cn1nnc(C(O)c2coc(Br)c2)n1. The first-order chi connectivity index (χ1) is 6.66. The lowest BCUT2D eigenvalue weighted by atomic mass is 10.2. The van der Waals surface area contributed by atoms with E-state index in [0.29, 0.717) is 10.2 Å². The molecule has 1 N–H and O–H groups in total. The molecule has 2 aromatic rings. The van der Waals surface area contributed by atoms with Crippen molar-refractivity contribution in [2.24, 2.45) is 7.05 Å². The number of aliphatic hydroxyl groups excluding tert-OH is 1. The minimum Gasteiger partial charge on any atom is -0.457 e. The van der Waals surface area contributed by atoms with Gasteiger partial charge in [-0.05, 0) is 27.2 Å². The van der Waals surface area contributed by atoms with Crippen molar-refractivity contribution in [1.82, 2.24) is 20.2 Å². The lowest BCUT2D eigenvalue weighted by molar-refractivity contribution is 0.208. The van der Waals surface area contributed by atoms with E-state index in [1.807, 2.05) is 0 Å². The fraction of sp³-hybridized carbons (Fsp3) is 0.286. The van der Waals surface area contributed by atoms with Crippen molar-refractivity contribution < 1.29 is 9.52 Å². The molecule has 1 atom stereocenters. The Balaban J connectivity index is 2.28. The molecule has 0 aliphatic carbocycles. The topological polar surface area (TPSA) is 77.0 Å². The Morgan fingerprint density at radius 2 is 2.43 bits per heavy atom. The van der Waals surface area contributed by atoms with Crippen LogP contribution in [0.4, 0.5) is 0 Å². The van der Waals surface area contributed by atoms with Gasteiger partial charge in [0.25, 0.3) is 0 Å². The second-order valence-corrected chi connectivity index (χ2v) is 3.51. The molecule has 2 heterocycles. The van der Waals surface area contributed by atoms with Crippen molar-refractivity contribution in [3.63, 3.8) is 0 Å². The van der Waals surface area contributed by atoms with Crippen LogP contribution >= 0.6 is 15.9 Å². The van der Waals surface area contributed by atoms with Gasteiger partial charge in [0.2, 0.25) is 5.82 Å². The van der Waals surface area contributed by atoms with Crippen LogP contribution in [0.1, 0.15) is 17.5 Å². The molecule has 7 heteroatoms. The van der Waals surface area contributed by atoms with Gasteiger partial charge in [0.15, 0.2) is 4.67 Å². The van der Waals surface area contributed by atoms with Gasteiger partial charge in [0.05, 0.1) is 13.3 Å². The molecule has 2 aromatic heterocycles. The van der Waals surface area contributed by atoms with Crippen LogP contribution in [0, 0.1) is 0 Å². The van der Waals surface area contributed by atoms with E-state index in [9.17, 15) is 5.11 Å². The number of rotatable bonds is 2. The zero-order valence-corrected chi connectivity index (χ0v) is 8.84. The summed E-state index contributed by atoms with van der Waals surface area (Å²) in [6.45, 7) is 0.